The van der Waals surface area contributed by atoms with Gasteiger partial charge >= 0.3 is 0 Å². The summed E-state index contributed by atoms with van der Waals surface area (Å²) in [7, 11) is 0. The molecule has 0 fully saturated rings. The molecule has 2 heterocycles. The predicted octanol–water partition coefficient (Wildman–Crippen LogP) is 14.9. The molecule has 0 amide bonds. The summed E-state index contributed by atoms with van der Waals surface area (Å²) in [4.78, 5) is 0. The first-order chi connectivity index (χ1) is 29.3. The minimum Gasteiger partial charge on any atom is -0.456 e. The summed E-state index contributed by atoms with van der Waals surface area (Å²) in [5.74, 6) is 1.77. The number of aromatic nitrogens is 1. The van der Waals surface area contributed by atoms with Crippen molar-refractivity contribution in [2.24, 2.45) is 0 Å². The highest BCUT2D eigenvalue weighted by Gasteiger charge is 2.50. The molecule has 0 saturated heterocycles. The van der Waals surface area contributed by atoms with Crippen LogP contribution in [0.25, 0.3) is 93.5 Å². The van der Waals surface area contributed by atoms with E-state index < -0.39 is 5.41 Å². The molecule has 14 rings (SSSR count). The fraction of sp³-hybridized carbons (Fsp3) is 0.0175. The van der Waals surface area contributed by atoms with Crippen LogP contribution in [0.2, 0.25) is 0 Å². The van der Waals surface area contributed by atoms with Crippen LogP contribution in [0.5, 0.6) is 11.5 Å². The Balaban J connectivity index is 1.01. The summed E-state index contributed by atoms with van der Waals surface area (Å²) in [5, 5.41) is 7.45. The predicted molar refractivity (Wildman–Crippen MR) is 243 cm³/mol. The average molecular weight is 748 g/mol. The van der Waals surface area contributed by atoms with Gasteiger partial charge in [0.05, 0.1) is 22.1 Å². The van der Waals surface area contributed by atoms with E-state index in [0.29, 0.717) is 0 Å². The van der Waals surface area contributed by atoms with E-state index in [-0.39, 0.29) is 0 Å². The van der Waals surface area contributed by atoms with Gasteiger partial charge in [-0.2, -0.15) is 0 Å². The molecule has 11 aromatic rings. The molecule has 1 aromatic heterocycles. The van der Waals surface area contributed by atoms with Crippen molar-refractivity contribution in [2.45, 2.75) is 5.41 Å². The molecule has 272 valence electrons. The molecule has 59 heavy (non-hydrogen) atoms. The maximum Gasteiger partial charge on any atom is 0.136 e. The van der Waals surface area contributed by atoms with Crippen LogP contribution in [0, 0.1) is 0 Å². The molecule has 1 spiro atoms. The lowest BCUT2D eigenvalue weighted by molar-refractivity contribution is 0.487. The fourth-order valence-corrected chi connectivity index (χ4v) is 11.4. The van der Waals surface area contributed by atoms with Gasteiger partial charge in [-0.3, -0.25) is 0 Å². The van der Waals surface area contributed by atoms with E-state index in [1.807, 2.05) is 0 Å². The van der Waals surface area contributed by atoms with Gasteiger partial charge in [-0.1, -0.05) is 164 Å². The summed E-state index contributed by atoms with van der Waals surface area (Å²) in [6.07, 6.45) is 0. The third-order valence-corrected chi connectivity index (χ3v) is 13.6. The van der Waals surface area contributed by atoms with Gasteiger partial charge in [-0.15, -0.1) is 0 Å². The van der Waals surface area contributed by atoms with E-state index in [4.69, 9.17) is 4.74 Å². The van der Waals surface area contributed by atoms with Gasteiger partial charge < -0.3 is 9.30 Å². The first-order valence-electron chi connectivity index (χ1n) is 20.5. The number of hydrogen-bond acceptors (Lipinski definition) is 1. The molecule has 10 aromatic carbocycles. The summed E-state index contributed by atoms with van der Waals surface area (Å²) in [5.41, 5.74) is 18.4. The quantitative estimate of drug-likeness (QED) is 0.172. The van der Waals surface area contributed by atoms with Crippen molar-refractivity contribution < 1.29 is 4.74 Å². The van der Waals surface area contributed by atoms with Gasteiger partial charge in [0.2, 0.25) is 0 Å². The average Bonchev–Trinajstić information content (AvgIpc) is 3.79. The zero-order valence-electron chi connectivity index (χ0n) is 31.9. The van der Waals surface area contributed by atoms with Crippen LogP contribution in [0.4, 0.5) is 0 Å². The van der Waals surface area contributed by atoms with Crippen LogP contribution in [0.3, 0.4) is 0 Å². The number of rotatable bonds is 2. The molecular formula is C57H33NO. The standard InChI is InChI=1S/C57H33NO/c1-5-23-45-37(15-1)40-20-9-13-34-14-10-25-47(54(34)40)57(45)46-24-6-2-18-42(46)55-36(19-12-26-48(55)57)35-29-31-52-44(33-35)41-21-11-22-43-51(30-32-53(59-52)56(41)43)58-49-27-7-3-16-38(49)39-17-4-8-28-50(39)58/h1-33H. The second kappa shape index (κ2) is 11.2. The van der Waals surface area contributed by atoms with Crippen molar-refractivity contribution in [2.75, 3.05) is 0 Å². The van der Waals surface area contributed by atoms with Crippen LogP contribution in [0.15, 0.2) is 200 Å². The SMILES string of the molecule is c1ccc2c(c1)-c1c(-c3ccc4c(c3)-c3cccc5c(-n6c7ccccc7c7ccccc76)ccc(c35)O4)cccc1C21c2ccccc2-c2cccc3cccc1c23. The van der Waals surface area contributed by atoms with Crippen molar-refractivity contribution in [1.82, 2.24) is 4.57 Å². The number of fused-ring (bicyclic) bond motifs is 14. The van der Waals surface area contributed by atoms with Gasteiger partial charge in [0.1, 0.15) is 11.5 Å². The lowest BCUT2D eigenvalue weighted by Crippen LogP contribution is -2.31. The Hall–Kier alpha value is -7.68. The van der Waals surface area contributed by atoms with E-state index in [9.17, 15) is 0 Å². The molecule has 0 radical (unpaired) electrons. The lowest BCUT2D eigenvalue weighted by Gasteiger charge is -2.40. The highest BCUT2D eigenvalue weighted by Crippen LogP contribution is 2.63. The molecule has 1 atom stereocenters. The van der Waals surface area contributed by atoms with Crippen LogP contribution in [-0.2, 0) is 5.41 Å². The molecule has 3 aliphatic rings. The second-order valence-corrected chi connectivity index (χ2v) is 16.3. The van der Waals surface area contributed by atoms with E-state index in [2.05, 4.69) is 205 Å². The second-order valence-electron chi connectivity index (χ2n) is 16.3. The van der Waals surface area contributed by atoms with Gasteiger partial charge in [-0.05, 0) is 108 Å². The van der Waals surface area contributed by atoms with E-state index in [1.54, 1.807) is 0 Å². The molecule has 0 N–H and O–H groups in total. The molecule has 2 nitrogen and oxygen atoms in total. The Morgan fingerprint density at radius 3 is 1.73 bits per heavy atom. The van der Waals surface area contributed by atoms with Crippen LogP contribution in [0.1, 0.15) is 22.3 Å². The van der Waals surface area contributed by atoms with Gasteiger partial charge in [0, 0.05) is 27.1 Å². The maximum absolute atomic E-state index is 6.82. The van der Waals surface area contributed by atoms with Gasteiger partial charge in [0.25, 0.3) is 0 Å². The fourth-order valence-electron chi connectivity index (χ4n) is 11.4. The lowest BCUT2D eigenvalue weighted by atomic mass is 9.61. The zero-order valence-corrected chi connectivity index (χ0v) is 31.9. The van der Waals surface area contributed by atoms with Crippen LogP contribution < -0.4 is 4.74 Å². The first-order valence-corrected chi connectivity index (χ1v) is 20.5. The molecule has 0 bridgehead atoms. The molecule has 2 aliphatic carbocycles. The molecule has 1 aliphatic heterocycles. The molecular weight excluding hydrogens is 715 g/mol. The number of benzene rings is 10. The Morgan fingerprint density at radius 1 is 0.356 bits per heavy atom. The Labute approximate surface area is 340 Å². The monoisotopic (exact) mass is 747 g/mol. The van der Waals surface area contributed by atoms with Crippen molar-refractivity contribution in [3.8, 4) is 61.7 Å². The van der Waals surface area contributed by atoms with Crippen molar-refractivity contribution in [3.63, 3.8) is 0 Å². The topological polar surface area (TPSA) is 14.2 Å². The van der Waals surface area contributed by atoms with Crippen molar-refractivity contribution >= 4 is 43.4 Å². The van der Waals surface area contributed by atoms with Gasteiger partial charge in [-0.25, -0.2) is 0 Å². The smallest absolute Gasteiger partial charge is 0.136 e. The summed E-state index contributed by atoms with van der Waals surface area (Å²) in [6.45, 7) is 0. The van der Waals surface area contributed by atoms with Crippen LogP contribution >= 0.6 is 0 Å². The Kier molecular flexibility index (Phi) is 5.99. The normalized spacial score (nSPS) is 15.3. The maximum atomic E-state index is 6.82. The summed E-state index contributed by atoms with van der Waals surface area (Å²) >= 11 is 0. The molecule has 0 saturated carbocycles. The highest BCUT2D eigenvalue weighted by atomic mass is 16.5. The summed E-state index contributed by atoms with van der Waals surface area (Å²) < 4.78 is 9.24. The number of ether oxygens (including phenoxy) is 1. The largest absolute Gasteiger partial charge is 0.456 e. The first kappa shape index (κ1) is 31.4. The zero-order chi connectivity index (χ0) is 38.4. The van der Waals surface area contributed by atoms with E-state index >= 15 is 0 Å². The third kappa shape index (κ3) is 3.87. The van der Waals surface area contributed by atoms with Crippen LogP contribution in [-0.4, -0.2) is 4.57 Å². The third-order valence-electron chi connectivity index (χ3n) is 13.6. The van der Waals surface area contributed by atoms with E-state index in [1.165, 1.54) is 99.2 Å². The number of nitrogens with zero attached hydrogens (tertiary/aromatic N) is 1. The minimum atomic E-state index is -0.461. The van der Waals surface area contributed by atoms with E-state index in [0.717, 1.165) is 28.1 Å². The molecule has 2 heteroatoms. The number of hydrogen-bond donors (Lipinski definition) is 0. The highest BCUT2D eigenvalue weighted by molar-refractivity contribution is 6.14. The Morgan fingerprint density at radius 2 is 0.915 bits per heavy atom. The summed E-state index contributed by atoms with van der Waals surface area (Å²) in [6, 6.07) is 74.2. The molecule has 1 unspecified atom stereocenters. The Bertz CT molecular complexity index is 3600. The minimum absolute atomic E-state index is 0.461. The van der Waals surface area contributed by atoms with Gasteiger partial charge in [0.15, 0.2) is 0 Å². The number of para-hydroxylation sites is 2. The van der Waals surface area contributed by atoms with Crippen molar-refractivity contribution in [1.29, 1.82) is 0 Å². The van der Waals surface area contributed by atoms with Crippen molar-refractivity contribution in [3.05, 3.63) is 222 Å².